The second-order valence-electron chi connectivity index (χ2n) is 7.00. The van der Waals surface area contributed by atoms with Gasteiger partial charge in [0.15, 0.2) is 0 Å². The lowest BCUT2D eigenvalue weighted by Gasteiger charge is -2.40. The molecule has 1 aliphatic carbocycles. The van der Waals surface area contributed by atoms with Gasteiger partial charge >= 0.3 is 0 Å². The fraction of sp³-hybridized carbons (Fsp3) is 1.00. The molecule has 1 rings (SSSR count). The number of rotatable bonds is 8. The van der Waals surface area contributed by atoms with Crippen LogP contribution in [0.15, 0.2) is 0 Å². The maximum Gasteiger partial charge on any atom is 0.0615 e. The lowest BCUT2D eigenvalue weighted by molar-refractivity contribution is 0.117. The molecule has 0 aromatic rings. The topological polar surface area (TPSA) is 21.3 Å². The van der Waals surface area contributed by atoms with Crippen LogP contribution in [0.2, 0.25) is 0 Å². The van der Waals surface area contributed by atoms with Crippen LogP contribution in [0.4, 0.5) is 0 Å². The Balaban J connectivity index is 2.36. The van der Waals surface area contributed by atoms with Crippen LogP contribution in [0.1, 0.15) is 72.6 Å². The molecule has 2 heteroatoms. The van der Waals surface area contributed by atoms with Crippen molar-refractivity contribution in [1.29, 1.82) is 0 Å². The van der Waals surface area contributed by atoms with Crippen LogP contribution in [0, 0.1) is 11.3 Å². The Morgan fingerprint density at radius 2 is 1.79 bits per heavy atom. The highest BCUT2D eigenvalue weighted by Crippen LogP contribution is 2.40. The molecule has 0 spiro atoms. The van der Waals surface area contributed by atoms with Crippen molar-refractivity contribution >= 4 is 0 Å². The molecule has 114 valence electrons. The molecule has 0 bridgehead atoms. The Morgan fingerprint density at radius 3 is 2.26 bits per heavy atom. The molecular formula is C17H35NO. The van der Waals surface area contributed by atoms with Crippen LogP contribution >= 0.6 is 0 Å². The largest absolute Gasteiger partial charge is 0.383 e. The minimum Gasteiger partial charge on any atom is -0.383 e. The number of methoxy groups -OCH3 is 1. The molecule has 0 aromatic heterocycles. The van der Waals surface area contributed by atoms with Crippen molar-refractivity contribution in [2.45, 2.75) is 84.7 Å². The van der Waals surface area contributed by atoms with Gasteiger partial charge in [-0.05, 0) is 43.4 Å². The fourth-order valence-corrected chi connectivity index (χ4v) is 3.43. The van der Waals surface area contributed by atoms with E-state index in [1.165, 1.54) is 44.9 Å². The molecule has 0 heterocycles. The summed E-state index contributed by atoms with van der Waals surface area (Å²) in [5, 5.41) is 3.82. The Labute approximate surface area is 120 Å². The van der Waals surface area contributed by atoms with Crippen molar-refractivity contribution in [1.82, 2.24) is 5.32 Å². The van der Waals surface area contributed by atoms with Gasteiger partial charge in [0.2, 0.25) is 0 Å². The highest BCUT2D eigenvalue weighted by atomic mass is 16.5. The van der Waals surface area contributed by atoms with E-state index in [0.29, 0.717) is 11.5 Å². The van der Waals surface area contributed by atoms with Crippen LogP contribution in [0.3, 0.4) is 0 Å². The Kier molecular flexibility index (Phi) is 7.38. The van der Waals surface area contributed by atoms with Gasteiger partial charge < -0.3 is 10.1 Å². The first-order chi connectivity index (χ1) is 9.03. The van der Waals surface area contributed by atoms with Crippen molar-refractivity contribution in [2.24, 2.45) is 11.3 Å². The minimum absolute atomic E-state index is 0.528. The molecule has 1 fully saturated rings. The molecule has 1 N–H and O–H groups in total. The predicted octanol–water partition coefficient (Wildman–Crippen LogP) is 4.39. The van der Waals surface area contributed by atoms with Gasteiger partial charge in [-0.1, -0.05) is 40.5 Å². The summed E-state index contributed by atoms with van der Waals surface area (Å²) in [5.41, 5.74) is 0.528. The zero-order valence-electron chi connectivity index (χ0n) is 13.8. The standard InChI is InChI=1S/C17H35NO/c1-6-8-16(13-19-5)18-15-11-9-14(10-12-15)17(3,4)7-2/h14-16,18H,6-13H2,1-5H3. The van der Waals surface area contributed by atoms with Gasteiger partial charge in [0, 0.05) is 19.2 Å². The maximum atomic E-state index is 5.33. The lowest BCUT2D eigenvalue weighted by atomic mass is 9.69. The SMILES string of the molecule is CCCC(COC)NC1CCC(C(C)(C)CC)CC1. The lowest BCUT2D eigenvalue weighted by Crippen LogP contribution is -2.44. The third kappa shape index (κ3) is 5.43. The molecule has 0 aliphatic heterocycles. The van der Waals surface area contributed by atoms with Gasteiger partial charge in [0.25, 0.3) is 0 Å². The van der Waals surface area contributed by atoms with Crippen molar-refractivity contribution in [3.63, 3.8) is 0 Å². The number of hydrogen-bond acceptors (Lipinski definition) is 2. The predicted molar refractivity (Wildman–Crippen MR) is 83.5 cm³/mol. The zero-order valence-corrected chi connectivity index (χ0v) is 13.8. The Hall–Kier alpha value is -0.0800. The molecule has 0 radical (unpaired) electrons. The summed E-state index contributed by atoms with van der Waals surface area (Å²) < 4.78 is 5.33. The molecule has 1 saturated carbocycles. The van der Waals surface area contributed by atoms with E-state index in [2.05, 4.69) is 33.0 Å². The van der Waals surface area contributed by atoms with Gasteiger partial charge in [-0.15, -0.1) is 0 Å². The summed E-state index contributed by atoms with van der Waals surface area (Å²) in [5.74, 6) is 0.919. The molecule has 1 aliphatic rings. The van der Waals surface area contributed by atoms with Crippen LogP contribution in [-0.2, 0) is 4.74 Å². The summed E-state index contributed by atoms with van der Waals surface area (Å²) >= 11 is 0. The Bertz CT molecular complexity index is 225. The molecule has 1 unspecified atom stereocenters. The summed E-state index contributed by atoms with van der Waals surface area (Å²) in [6.45, 7) is 10.3. The van der Waals surface area contributed by atoms with Crippen molar-refractivity contribution in [2.75, 3.05) is 13.7 Å². The van der Waals surface area contributed by atoms with E-state index in [1.807, 2.05) is 7.11 Å². The van der Waals surface area contributed by atoms with Crippen LogP contribution in [0.25, 0.3) is 0 Å². The van der Waals surface area contributed by atoms with Crippen molar-refractivity contribution < 1.29 is 4.74 Å². The fourth-order valence-electron chi connectivity index (χ4n) is 3.43. The minimum atomic E-state index is 0.528. The van der Waals surface area contributed by atoms with Crippen molar-refractivity contribution in [3.8, 4) is 0 Å². The summed E-state index contributed by atoms with van der Waals surface area (Å²) in [6.07, 6.45) is 9.25. The summed E-state index contributed by atoms with van der Waals surface area (Å²) in [6, 6.07) is 1.27. The van der Waals surface area contributed by atoms with E-state index in [0.717, 1.165) is 18.6 Å². The zero-order chi connectivity index (χ0) is 14.3. The quantitative estimate of drug-likeness (QED) is 0.706. The second-order valence-corrected chi connectivity index (χ2v) is 7.00. The van der Waals surface area contributed by atoms with E-state index in [-0.39, 0.29) is 0 Å². The summed E-state index contributed by atoms with van der Waals surface area (Å²) in [4.78, 5) is 0. The van der Waals surface area contributed by atoms with E-state index in [1.54, 1.807) is 0 Å². The first-order valence-corrected chi connectivity index (χ1v) is 8.28. The van der Waals surface area contributed by atoms with Gasteiger partial charge in [-0.3, -0.25) is 0 Å². The molecular weight excluding hydrogens is 234 g/mol. The number of ether oxygens (including phenoxy) is 1. The first kappa shape index (κ1) is 17.0. The van der Waals surface area contributed by atoms with E-state index < -0.39 is 0 Å². The first-order valence-electron chi connectivity index (χ1n) is 8.28. The molecule has 19 heavy (non-hydrogen) atoms. The van der Waals surface area contributed by atoms with Gasteiger partial charge in [-0.2, -0.15) is 0 Å². The monoisotopic (exact) mass is 269 g/mol. The smallest absolute Gasteiger partial charge is 0.0615 e. The molecule has 0 saturated heterocycles. The molecule has 1 atom stereocenters. The van der Waals surface area contributed by atoms with Gasteiger partial charge in [0.1, 0.15) is 0 Å². The molecule has 2 nitrogen and oxygen atoms in total. The van der Waals surface area contributed by atoms with Gasteiger partial charge in [0.05, 0.1) is 6.61 Å². The van der Waals surface area contributed by atoms with Crippen LogP contribution in [0.5, 0.6) is 0 Å². The average molecular weight is 269 g/mol. The molecule has 0 amide bonds. The van der Waals surface area contributed by atoms with E-state index >= 15 is 0 Å². The normalized spacial score (nSPS) is 26.4. The van der Waals surface area contributed by atoms with Gasteiger partial charge in [-0.25, -0.2) is 0 Å². The summed E-state index contributed by atoms with van der Waals surface area (Å²) in [7, 11) is 1.81. The third-order valence-electron chi connectivity index (χ3n) is 5.22. The van der Waals surface area contributed by atoms with Crippen molar-refractivity contribution in [3.05, 3.63) is 0 Å². The number of nitrogens with one attached hydrogen (secondary N) is 1. The Morgan fingerprint density at radius 1 is 1.16 bits per heavy atom. The molecule has 0 aromatic carbocycles. The average Bonchev–Trinajstić information content (AvgIpc) is 2.40. The highest BCUT2D eigenvalue weighted by molar-refractivity contribution is 4.86. The van der Waals surface area contributed by atoms with E-state index in [9.17, 15) is 0 Å². The van der Waals surface area contributed by atoms with Crippen LogP contribution < -0.4 is 5.32 Å². The maximum absolute atomic E-state index is 5.33. The van der Waals surface area contributed by atoms with Crippen LogP contribution in [-0.4, -0.2) is 25.8 Å². The van der Waals surface area contributed by atoms with E-state index in [4.69, 9.17) is 4.74 Å². The number of hydrogen-bond donors (Lipinski definition) is 1. The third-order valence-corrected chi connectivity index (χ3v) is 5.22. The second kappa shape index (κ2) is 8.26. The highest BCUT2D eigenvalue weighted by Gasteiger charge is 2.32.